The second-order valence-electron chi connectivity index (χ2n) is 3.65. The number of fused-ring (bicyclic) bond motifs is 1. The topological polar surface area (TPSA) is 17.3 Å². The van der Waals surface area contributed by atoms with E-state index in [9.17, 15) is 0 Å². The third-order valence-corrected chi connectivity index (χ3v) is 5.39. The Bertz CT molecular complexity index is 663. The molecular formula is C11H9BrN2S2. The van der Waals surface area contributed by atoms with Gasteiger partial charge in [-0.05, 0) is 35.8 Å². The van der Waals surface area contributed by atoms with Crippen molar-refractivity contribution in [2.75, 3.05) is 0 Å². The van der Waals surface area contributed by atoms with Gasteiger partial charge in [0.2, 0.25) is 0 Å². The van der Waals surface area contributed by atoms with E-state index in [4.69, 9.17) is 0 Å². The van der Waals surface area contributed by atoms with Crippen molar-refractivity contribution in [3.8, 4) is 10.6 Å². The number of thiazole rings is 1. The van der Waals surface area contributed by atoms with E-state index in [1.165, 1.54) is 15.4 Å². The van der Waals surface area contributed by atoms with E-state index in [1.807, 2.05) is 0 Å². The molecule has 0 spiro atoms. The number of aromatic nitrogens is 2. The molecule has 82 valence electrons. The van der Waals surface area contributed by atoms with Crippen LogP contribution < -0.4 is 0 Å². The predicted molar refractivity (Wildman–Crippen MR) is 73.6 cm³/mol. The summed E-state index contributed by atoms with van der Waals surface area (Å²) in [5.41, 5.74) is 2.35. The molecule has 0 aliphatic heterocycles. The fourth-order valence-corrected chi connectivity index (χ4v) is 3.96. The molecule has 3 heterocycles. The first-order valence-electron chi connectivity index (χ1n) is 4.84. The number of rotatable bonds is 1. The van der Waals surface area contributed by atoms with Gasteiger partial charge >= 0.3 is 0 Å². The molecule has 2 nitrogen and oxygen atoms in total. The summed E-state index contributed by atoms with van der Waals surface area (Å²) in [5.74, 6) is 0. The zero-order chi connectivity index (χ0) is 11.3. The third kappa shape index (κ3) is 1.54. The molecule has 3 aromatic rings. The molecular weight excluding hydrogens is 304 g/mol. The third-order valence-electron chi connectivity index (χ3n) is 2.61. The van der Waals surface area contributed by atoms with Gasteiger partial charge in [0.25, 0.3) is 0 Å². The molecule has 0 bridgehead atoms. The molecule has 3 aromatic heterocycles. The van der Waals surface area contributed by atoms with Crippen molar-refractivity contribution >= 4 is 43.6 Å². The normalized spacial score (nSPS) is 11.4. The van der Waals surface area contributed by atoms with Gasteiger partial charge in [-0.25, -0.2) is 4.98 Å². The Balaban J connectivity index is 2.19. The van der Waals surface area contributed by atoms with Crippen molar-refractivity contribution in [1.29, 1.82) is 0 Å². The maximum Gasteiger partial charge on any atom is 0.194 e. The van der Waals surface area contributed by atoms with Crippen LogP contribution in [0.15, 0.2) is 22.1 Å². The summed E-state index contributed by atoms with van der Waals surface area (Å²) < 4.78 is 3.29. The zero-order valence-electron chi connectivity index (χ0n) is 8.82. The Kier molecular flexibility index (Phi) is 2.42. The molecule has 0 N–H and O–H groups in total. The minimum Gasteiger partial charge on any atom is -0.294 e. The predicted octanol–water partition coefficient (Wildman–Crippen LogP) is 4.50. The zero-order valence-corrected chi connectivity index (χ0v) is 12.0. The van der Waals surface area contributed by atoms with Crippen molar-refractivity contribution in [3.63, 3.8) is 0 Å². The first-order chi connectivity index (χ1) is 7.65. The fourth-order valence-electron chi connectivity index (χ4n) is 1.62. The van der Waals surface area contributed by atoms with Crippen molar-refractivity contribution in [1.82, 2.24) is 9.38 Å². The minimum atomic E-state index is 1.06. The SMILES string of the molecule is Cc1sc2nc(-c3cc(Br)cs3)cn2c1C. The molecule has 0 aromatic carbocycles. The van der Waals surface area contributed by atoms with Gasteiger partial charge < -0.3 is 0 Å². The van der Waals surface area contributed by atoms with Crippen LogP contribution in [0.1, 0.15) is 10.6 Å². The number of hydrogen-bond donors (Lipinski definition) is 0. The highest BCUT2D eigenvalue weighted by Gasteiger charge is 2.11. The Hall–Kier alpha value is -0.650. The van der Waals surface area contributed by atoms with E-state index in [0.717, 1.165) is 15.1 Å². The minimum absolute atomic E-state index is 1.06. The van der Waals surface area contributed by atoms with Gasteiger partial charge in [-0.1, -0.05) is 0 Å². The number of thiophene rings is 1. The number of aryl methyl sites for hydroxylation is 2. The molecule has 0 amide bonds. The molecule has 0 aliphatic carbocycles. The molecule has 0 saturated carbocycles. The summed E-state index contributed by atoms with van der Waals surface area (Å²) >= 11 is 6.93. The van der Waals surface area contributed by atoms with E-state index in [2.05, 4.69) is 56.8 Å². The average molecular weight is 313 g/mol. The summed E-state index contributed by atoms with van der Waals surface area (Å²) in [6.07, 6.45) is 2.12. The van der Waals surface area contributed by atoms with Crippen molar-refractivity contribution in [2.24, 2.45) is 0 Å². The smallest absolute Gasteiger partial charge is 0.194 e. The summed E-state index contributed by atoms with van der Waals surface area (Å²) in [4.78, 5) is 8.27. The summed E-state index contributed by atoms with van der Waals surface area (Å²) in [6, 6.07) is 2.11. The lowest BCUT2D eigenvalue weighted by molar-refractivity contribution is 1.11. The van der Waals surface area contributed by atoms with Crippen LogP contribution in [0.4, 0.5) is 0 Å². The summed E-state index contributed by atoms with van der Waals surface area (Å²) in [6.45, 7) is 4.27. The summed E-state index contributed by atoms with van der Waals surface area (Å²) in [5, 5.41) is 2.08. The Morgan fingerprint density at radius 3 is 2.81 bits per heavy atom. The maximum atomic E-state index is 4.65. The van der Waals surface area contributed by atoms with E-state index < -0.39 is 0 Å². The first kappa shape index (κ1) is 10.5. The van der Waals surface area contributed by atoms with Gasteiger partial charge in [-0.3, -0.25) is 4.40 Å². The summed E-state index contributed by atoms with van der Waals surface area (Å²) in [7, 11) is 0. The molecule has 0 unspecified atom stereocenters. The highest BCUT2D eigenvalue weighted by Crippen LogP contribution is 2.31. The van der Waals surface area contributed by atoms with Gasteiger partial charge in [0.1, 0.15) is 5.69 Å². The molecule has 0 aliphatic rings. The first-order valence-corrected chi connectivity index (χ1v) is 7.33. The van der Waals surface area contributed by atoms with E-state index in [0.29, 0.717) is 0 Å². The number of hydrogen-bond acceptors (Lipinski definition) is 3. The quantitative estimate of drug-likeness (QED) is 0.646. The van der Waals surface area contributed by atoms with Crippen LogP contribution in [0, 0.1) is 13.8 Å². The fraction of sp³-hybridized carbons (Fsp3) is 0.182. The average Bonchev–Trinajstić information content (AvgIpc) is 2.87. The van der Waals surface area contributed by atoms with Gasteiger partial charge in [0.05, 0.1) is 4.88 Å². The Labute approximate surface area is 110 Å². The van der Waals surface area contributed by atoms with Crippen LogP contribution in [-0.2, 0) is 0 Å². The van der Waals surface area contributed by atoms with E-state index in [1.54, 1.807) is 22.7 Å². The number of halogens is 1. The molecule has 0 radical (unpaired) electrons. The second-order valence-corrected chi connectivity index (χ2v) is 6.66. The molecule has 16 heavy (non-hydrogen) atoms. The lowest BCUT2D eigenvalue weighted by atomic mass is 10.4. The van der Waals surface area contributed by atoms with Crippen LogP contribution in [0.25, 0.3) is 15.5 Å². The van der Waals surface area contributed by atoms with E-state index >= 15 is 0 Å². The monoisotopic (exact) mass is 312 g/mol. The Morgan fingerprint density at radius 1 is 1.38 bits per heavy atom. The van der Waals surface area contributed by atoms with Crippen LogP contribution in [0.2, 0.25) is 0 Å². The van der Waals surface area contributed by atoms with Crippen molar-refractivity contribution < 1.29 is 0 Å². The molecule has 0 atom stereocenters. The van der Waals surface area contributed by atoms with Gasteiger partial charge in [0.15, 0.2) is 4.96 Å². The lowest BCUT2D eigenvalue weighted by Gasteiger charge is -1.90. The van der Waals surface area contributed by atoms with Gasteiger partial charge in [-0.15, -0.1) is 22.7 Å². The largest absolute Gasteiger partial charge is 0.294 e. The second kappa shape index (κ2) is 3.68. The van der Waals surface area contributed by atoms with Crippen molar-refractivity contribution in [3.05, 3.63) is 32.7 Å². The van der Waals surface area contributed by atoms with Gasteiger partial charge in [-0.2, -0.15) is 0 Å². The maximum absolute atomic E-state index is 4.65. The molecule has 5 heteroatoms. The number of imidazole rings is 1. The Morgan fingerprint density at radius 2 is 2.19 bits per heavy atom. The molecule has 0 saturated heterocycles. The van der Waals surface area contributed by atoms with Crippen LogP contribution in [0.3, 0.4) is 0 Å². The van der Waals surface area contributed by atoms with Crippen LogP contribution in [-0.4, -0.2) is 9.38 Å². The van der Waals surface area contributed by atoms with Crippen molar-refractivity contribution in [2.45, 2.75) is 13.8 Å². The number of nitrogens with zero attached hydrogens (tertiary/aromatic N) is 2. The standard InChI is InChI=1S/C11H9BrN2S2/c1-6-7(2)16-11-13-9(4-14(6)11)10-3-8(12)5-15-10/h3-5H,1-2H3. The lowest BCUT2D eigenvalue weighted by Crippen LogP contribution is -1.81. The highest BCUT2D eigenvalue weighted by atomic mass is 79.9. The van der Waals surface area contributed by atoms with E-state index in [-0.39, 0.29) is 0 Å². The molecule has 0 fully saturated rings. The highest BCUT2D eigenvalue weighted by molar-refractivity contribution is 9.10. The van der Waals surface area contributed by atoms with Gasteiger partial charge in [0, 0.05) is 26.6 Å². The van der Waals surface area contributed by atoms with Crippen LogP contribution in [0.5, 0.6) is 0 Å². The molecule has 3 rings (SSSR count). The van der Waals surface area contributed by atoms with Crippen LogP contribution >= 0.6 is 38.6 Å².